The zero-order valence-corrected chi connectivity index (χ0v) is 20.5. The Kier molecular flexibility index (Phi) is 7.28. The summed E-state index contributed by atoms with van der Waals surface area (Å²) < 4.78 is 34.2. The second-order valence-electron chi connectivity index (χ2n) is 8.60. The summed E-state index contributed by atoms with van der Waals surface area (Å²) in [5, 5.41) is 7.74. The summed E-state index contributed by atoms with van der Waals surface area (Å²) in [6, 6.07) is 6.95. The third-order valence-corrected chi connectivity index (χ3v) is 8.58. The average Bonchev–Trinajstić information content (AvgIpc) is 2.81. The van der Waals surface area contributed by atoms with Crippen molar-refractivity contribution in [3.63, 3.8) is 0 Å². The number of hydrogen-bond acceptors (Lipinski definition) is 7. The molecular weight excluding hydrogens is 466 g/mol. The third-order valence-electron chi connectivity index (χ3n) is 6.07. The van der Waals surface area contributed by atoms with Crippen LogP contribution >= 0.6 is 11.6 Å². The lowest BCUT2D eigenvalue weighted by Gasteiger charge is -2.37. The molecule has 0 atom stereocenters. The van der Waals surface area contributed by atoms with E-state index in [1.165, 1.54) is 8.99 Å². The number of piperidine rings is 1. The molecule has 1 N–H and O–H groups in total. The number of nitrogens with one attached hydrogen (secondary N) is 1. The van der Waals surface area contributed by atoms with Crippen molar-refractivity contribution in [3.8, 4) is 11.4 Å². The van der Waals surface area contributed by atoms with Crippen molar-refractivity contribution < 1.29 is 13.2 Å². The molecule has 2 fully saturated rings. The first-order chi connectivity index (χ1) is 15.8. The van der Waals surface area contributed by atoms with Crippen molar-refractivity contribution in [1.29, 1.82) is 0 Å². The monoisotopic (exact) mass is 495 g/mol. The van der Waals surface area contributed by atoms with Crippen LogP contribution in [0.15, 0.2) is 35.3 Å². The van der Waals surface area contributed by atoms with Gasteiger partial charge < -0.3 is 15.0 Å². The Balaban J connectivity index is 1.66. The molecule has 0 amide bonds. The van der Waals surface area contributed by atoms with Gasteiger partial charge >= 0.3 is 5.56 Å². The predicted octanol–water partition coefficient (Wildman–Crippen LogP) is 1.88. The summed E-state index contributed by atoms with van der Waals surface area (Å²) in [5.41, 5.74) is 0.797. The number of rotatable bonds is 6. The normalized spacial score (nSPS) is 18.6. The second kappa shape index (κ2) is 10.0. The molecule has 0 radical (unpaired) electrons. The fourth-order valence-electron chi connectivity index (χ4n) is 4.12. The van der Waals surface area contributed by atoms with E-state index in [1.54, 1.807) is 44.3 Å². The fraction of sp³-hybridized carbons (Fsp3) is 0.545. The number of piperazine rings is 1. The van der Waals surface area contributed by atoms with Crippen molar-refractivity contribution >= 4 is 27.3 Å². The van der Waals surface area contributed by atoms with Crippen LogP contribution in [-0.4, -0.2) is 73.1 Å². The highest BCUT2D eigenvalue weighted by atomic mass is 35.5. The first-order valence-corrected chi connectivity index (χ1v) is 13.1. The largest absolute Gasteiger partial charge is 0.483 e. The van der Waals surface area contributed by atoms with Crippen LogP contribution in [0, 0.1) is 0 Å². The molecule has 0 spiro atoms. The van der Waals surface area contributed by atoms with Gasteiger partial charge in [0, 0.05) is 31.2 Å². The molecule has 2 saturated heterocycles. The second-order valence-corrected chi connectivity index (χ2v) is 11.5. The van der Waals surface area contributed by atoms with Gasteiger partial charge in [0.2, 0.25) is 15.8 Å². The van der Waals surface area contributed by atoms with Crippen molar-refractivity contribution in [2.24, 2.45) is 0 Å². The molecule has 9 nitrogen and oxygen atoms in total. The molecule has 4 rings (SSSR count). The predicted molar refractivity (Wildman–Crippen MR) is 129 cm³/mol. The van der Waals surface area contributed by atoms with Crippen LogP contribution in [0.2, 0.25) is 5.02 Å². The lowest BCUT2D eigenvalue weighted by molar-refractivity contribution is 0.159. The van der Waals surface area contributed by atoms with E-state index in [4.69, 9.17) is 16.3 Å². The fourth-order valence-corrected chi connectivity index (χ4v) is 5.57. The standard InChI is InChI=1S/C22H30ClN5O4S/c1-16(2)33(30,31)27-12-10-26(11-13-27)20-15-25-28(18-5-3-4-17(23)14-18)22(29)21(20)32-19-6-8-24-9-7-19/h3-5,14-16,19,24H,6-13H2,1-2H3. The maximum absolute atomic E-state index is 13.5. The smallest absolute Gasteiger partial charge is 0.316 e. The van der Waals surface area contributed by atoms with E-state index in [0.29, 0.717) is 42.6 Å². The summed E-state index contributed by atoms with van der Waals surface area (Å²) in [6.45, 7) is 6.65. The van der Waals surface area contributed by atoms with E-state index < -0.39 is 15.3 Å². The molecule has 1 aromatic heterocycles. The first kappa shape index (κ1) is 24.0. The number of ether oxygens (including phenoxy) is 1. The molecule has 2 aliphatic heterocycles. The molecule has 0 aliphatic carbocycles. The molecule has 3 heterocycles. The van der Waals surface area contributed by atoms with Crippen molar-refractivity contribution in [2.45, 2.75) is 38.0 Å². The molecule has 11 heteroatoms. The van der Waals surface area contributed by atoms with E-state index in [0.717, 1.165) is 25.9 Å². The van der Waals surface area contributed by atoms with Gasteiger partial charge in [0.25, 0.3) is 0 Å². The molecular formula is C22H30ClN5O4S. The maximum Gasteiger partial charge on any atom is 0.316 e. The summed E-state index contributed by atoms with van der Waals surface area (Å²) in [6.07, 6.45) is 3.17. The summed E-state index contributed by atoms with van der Waals surface area (Å²) in [4.78, 5) is 15.5. The number of anilines is 1. The SMILES string of the molecule is CC(C)S(=O)(=O)N1CCN(c2cnn(-c3cccc(Cl)c3)c(=O)c2OC2CCNCC2)CC1. The van der Waals surface area contributed by atoms with Gasteiger partial charge in [-0.05, 0) is 58.0 Å². The van der Waals surface area contributed by atoms with Crippen molar-refractivity contribution in [3.05, 3.63) is 45.8 Å². The van der Waals surface area contributed by atoms with Crippen LogP contribution in [0.4, 0.5) is 5.69 Å². The Morgan fingerprint density at radius 3 is 2.48 bits per heavy atom. The Bertz CT molecular complexity index is 1140. The topological polar surface area (TPSA) is 96.8 Å². The lowest BCUT2D eigenvalue weighted by Crippen LogP contribution is -2.51. The Labute approximate surface area is 199 Å². The molecule has 2 aliphatic rings. The van der Waals surface area contributed by atoms with E-state index >= 15 is 0 Å². The van der Waals surface area contributed by atoms with Gasteiger partial charge in [-0.1, -0.05) is 17.7 Å². The maximum atomic E-state index is 13.5. The number of aromatic nitrogens is 2. The third kappa shape index (κ3) is 5.18. The zero-order chi connectivity index (χ0) is 23.6. The molecule has 0 saturated carbocycles. The minimum absolute atomic E-state index is 0.0736. The Morgan fingerprint density at radius 2 is 1.85 bits per heavy atom. The van der Waals surface area contributed by atoms with Gasteiger partial charge in [0.15, 0.2) is 0 Å². The van der Waals surface area contributed by atoms with Crippen LogP contribution in [0.3, 0.4) is 0 Å². The highest BCUT2D eigenvalue weighted by Crippen LogP contribution is 2.28. The van der Waals surface area contributed by atoms with Gasteiger partial charge in [0.05, 0.1) is 17.1 Å². The molecule has 33 heavy (non-hydrogen) atoms. The number of halogens is 1. The highest BCUT2D eigenvalue weighted by molar-refractivity contribution is 7.89. The summed E-state index contributed by atoms with van der Waals surface area (Å²) >= 11 is 6.12. The van der Waals surface area contributed by atoms with E-state index in [2.05, 4.69) is 10.4 Å². The van der Waals surface area contributed by atoms with Gasteiger partial charge in [-0.2, -0.15) is 14.1 Å². The van der Waals surface area contributed by atoms with Crippen molar-refractivity contribution in [2.75, 3.05) is 44.2 Å². The highest BCUT2D eigenvalue weighted by Gasteiger charge is 2.31. The molecule has 180 valence electrons. The molecule has 2 aromatic rings. The van der Waals surface area contributed by atoms with Crippen LogP contribution in [0.5, 0.6) is 5.75 Å². The lowest BCUT2D eigenvalue weighted by atomic mass is 10.1. The zero-order valence-electron chi connectivity index (χ0n) is 18.9. The van der Waals surface area contributed by atoms with Gasteiger partial charge in [-0.3, -0.25) is 4.79 Å². The minimum atomic E-state index is -3.32. The quantitative estimate of drug-likeness (QED) is 0.653. The van der Waals surface area contributed by atoms with Crippen LogP contribution in [-0.2, 0) is 10.0 Å². The van der Waals surface area contributed by atoms with Crippen molar-refractivity contribution in [1.82, 2.24) is 19.4 Å². The van der Waals surface area contributed by atoms with Gasteiger partial charge in [0.1, 0.15) is 11.8 Å². The van der Waals surface area contributed by atoms with Crippen LogP contribution in [0.1, 0.15) is 26.7 Å². The number of hydrogen-bond donors (Lipinski definition) is 1. The molecule has 0 bridgehead atoms. The Morgan fingerprint density at radius 1 is 1.15 bits per heavy atom. The Hall–Kier alpha value is -2.14. The average molecular weight is 496 g/mol. The van der Waals surface area contributed by atoms with E-state index in [9.17, 15) is 13.2 Å². The number of benzene rings is 1. The van der Waals surface area contributed by atoms with Crippen LogP contribution < -0.4 is 20.5 Å². The molecule has 0 unspecified atom stereocenters. The van der Waals surface area contributed by atoms with Gasteiger partial charge in [-0.25, -0.2) is 8.42 Å². The van der Waals surface area contributed by atoms with E-state index in [-0.39, 0.29) is 17.4 Å². The first-order valence-electron chi connectivity index (χ1n) is 11.3. The summed E-state index contributed by atoms with van der Waals surface area (Å²) in [5.74, 6) is 0.247. The minimum Gasteiger partial charge on any atom is -0.483 e. The number of sulfonamides is 1. The van der Waals surface area contributed by atoms with E-state index in [1.807, 2.05) is 4.90 Å². The van der Waals surface area contributed by atoms with Crippen LogP contribution in [0.25, 0.3) is 5.69 Å². The summed E-state index contributed by atoms with van der Waals surface area (Å²) in [7, 11) is -3.32. The molecule has 1 aromatic carbocycles. The van der Waals surface area contributed by atoms with Gasteiger partial charge in [-0.15, -0.1) is 0 Å². The number of nitrogens with zero attached hydrogens (tertiary/aromatic N) is 4.